The quantitative estimate of drug-likeness (QED) is 0.663. The summed E-state index contributed by atoms with van der Waals surface area (Å²) in [7, 11) is 0. The smallest absolute Gasteiger partial charge is 0.254 e. The van der Waals surface area contributed by atoms with Crippen molar-refractivity contribution in [3.63, 3.8) is 0 Å². The van der Waals surface area contributed by atoms with Crippen LogP contribution in [0.25, 0.3) is 0 Å². The molecule has 0 saturated carbocycles. The van der Waals surface area contributed by atoms with E-state index in [1.54, 1.807) is 23.1 Å². The highest BCUT2D eigenvalue weighted by atomic mass is 16.7. The Hall–Kier alpha value is -3.22. The fraction of sp³-hybridized carbons (Fsp3) is 0.462. The molecule has 0 spiro atoms. The van der Waals surface area contributed by atoms with E-state index < -0.39 is 0 Å². The van der Waals surface area contributed by atoms with Crippen molar-refractivity contribution in [1.82, 2.24) is 9.80 Å². The van der Waals surface area contributed by atoms with Gasteiger partial charge in [-0.15, -0.1) is 0 Å². The first-order chi connectivity index (χ1) is 16.2. The molecule has 3 aliphatic rings. The third-order valence-electron chi connectivity index (χ3n) is 6.69. The van der Waals surface area contributed by atoms with E-state index in [9.17, 15) is 9.59 Å². The molecule has 1 saturated heterocycles. The molecule has 174 valence electrons. The zero-order valence-corrected chi connectivity index (χ0v) is 18.8. The van der Waals surface area contributed by atoms with Crippen LogP contribution in [0.3, 0.4) is 0 Å². The predicted octanol–water partition coefficient (Wildman–Crippen LogP) is 3.65. The Morgan fingerprint density at radius 2 is 1.82 bits per heavy atom. The number of carbonyl (C=O) groups is 2. The van der Waals surface area contributed by atoms with Gasteiger partial charge in [-0.3, -0.25) is 9.59 Å². The fourth-order valence-electron chi connectivity index (χ4n) is 4.92. The van der Waals surface area contributed by atoms with Crippen molar-refractivity contribution in [2.45, 2.75) is 44.6 Å². The van der Waals surface area contributed by atoms with Gasteiger partial charge in [-0.2, -0.15) is 0 Å². The molecule has 33 heavy (non-hydrogen) atoms. The molecular formula is C26H30N2O5. The molecule has 1 atom stereocenters. The molecule has 7 heteroatoms. The third kappa shape index (κ3) is 4.92. The number of hydrogen-bond donors (Lipinski definition) is 0. The number of piperidine rings is 1. The standard InChI is InChI=1S/C26H30N2O5/c29-25-17-27(26(30)20-9-11-23-24(16-20)33-18-32-23)12-4-14-31-22-7-3-5-19(15-22)8-10-21-6-1-2-13-28(21)25/h3,5,7,9,11,15-16,21H,1-2,4,6,8,10,12-14,17-18H2. The zero-order valence-electron chi connectivity index (χ0n) is 18.8. The van der Waals surface area contributed by atoms with E-state index in [1.165, 1.54) is 5.56 Å². The van der Waals surface area contributed by atoms with Gasteiger partial charge >= 0.3 is 0 Å². The van der Waals surface area contributed by atoms with Gasteiger partial charge < -0.3 is 24.0 Å². The zero-order chi connectivity index (χ0) is 22.6. The number of fused-ring (bicyclic) bond motifs is 4. The van der Waals surface area contributed by atoms with Crippen molar-refractivity contribution in [3.05, 3.63) is 53.6 Å². The van der Waals surface area contributed by atoms with Crippen molar-refractivity contribution in [1.29, 1.82) is 0 Å². The van der Waals surface area contributed by atoms with E-state index in [-0.39, 0.29) is 31.2 Å². The minimum atomic E-state index is -0.177. The Morgan fingerprint density at radius 3 is 2.76 bits per heavy atom. The van der Waals surface area contributed by atoms with Crippen molar-refractivity contribution in [2.75, 3.05) is 33.0 Å². The highest BCUT2D eigenvalue weighted by molar-refractivity contribution is 5.97. The Morgan fingerprint density at radius 1 is 0.909 bits per heavy atom. The van der Waals surface area contributed by atoms with E-state index >= 15 is 0 Å². The van der Waals surface area contributed by atoms with Crippen molar-refractivity contribution >= 4 is 11.8 Å². The molecule has 3 aliphatic heterocycles. The normalized spacial score (nSPS) is 21.1. The minimum Gasteiger partial charge on any atom is -0.494 e. The minimum absolute atomic E-state index is 0.0283. The van der Waals surface area contributed by atoms with Gasteiger partial charge in [0.25, 0.3) is 5.91 Å². The van der Waals surface area contributed by atoms with Gasteiger partial charge in [0, 0.05) is 24.7 Å². The van der Waals surface area contributed by atoms with Crippen LogP contribution >= 0.6 is 0 Å². The van der Waals surface area contributed by atoms with Gasteiger partial charge in [-0.25, -0.2) is 0 Å². The van der Waals surface area contributed by atoms with Crippen molar-refractivity contribution in [2.24, 2.45) is 0 Å². The fourth-order valence-corrected chi connectivity index (χ4v) is 4.92. The summed E-state index contributed by atoms with van der Waals surface area (Å²) in [6.07, 6.45) is 5.63. The molecule has 0 aromatic heterocycles. The van der Waals surface area contributed by atoms with Crippen LogP contribution < -0.4 is 14.2 Å². The van der Waals surface area contributed by atoms with E-state index in [2.05, 4.69) is 12.1 Å². The molecule has 1 unspecified atom stereocenters. The van der Waals surface area contributed by atoms with Gasteiger partial charge in [-0.1, -0.05) is 12.1 Å². The summed E-state index contributed by atoms with van der Waals surface area (Å²) in [4.78, 5) is 30.4. The number of rotatable bonds is 1. The Balaban J connectivity index is 1.38. The number of nitrogens with zero attached hydrogens (tertiary/aromatic N) is 2. The third-order valence-corrected chi connectivity index (χ3v) is 6.69. The van der Waals surface area contributed by atoms with Gasteiger partial charge in [0.2, 0.25) is 12.7 Å². The summed E-state index contributed by atoms with van der Waals surface area (Å²) < 4.78 is 16.8. The molecule has 0 radical (unpaired) electrons. The molecule has 3 heterocycles. The Labute approximate surface area is 194 Å². The van der Waals surface area contributed by atoms with Gasteiger partial charge in [0.15, 0.2) is 11.5 Å². The predicted molar refractivity (Wildman–Crippen MR) is 123 cm³/mol. The lowest BCUT2D eigenvalue weighted by molar-refractivity contribution is -0.135. The molecular weight excluding hydrogens is 420 g/mol. The summed E-state index contributed by atoms with van der Waals surface area (Å²) in [5.41, 5.74) is 1.74. The summed E-state index contributed by atoms with van der Waals surface area (Å²) >= 11 is 0. The monoisotopic (exact) mass is 450 g/mol. The second-order valence-electron chi connectivity index (χ2n) is 8.92. The first-order valence-electron chi connectivity index (χ1n) is 11.9. The summed E-state index contributed by atoms with van der Waals surface area (Å²) in [6.45, 7) is 1.92. The first kappa shape index (κ1) is 21.6. The molecule has 0 N–H and O–H groups in total. The van der Waals surface area contributed by atoms with Crippen LogP contribution in [0.15, 0.2) is 42.5 Å². The van der Waals surface area contributed by atoms with Crippen LogP contribution in [-0.2, 0) is 11.2 Å². The van der Waals surface area contributed by atoms with Crippen LogP contribution in [0, 0.1) is 0 Å². The Kier molecular flexibility index (Phi) is 6.37. The molecule has 1 fully saturated rings. The maximum atomic E-state index is 13.4. The number of hydrogen-bond acceptors (Lipinski definition) is 5. The second kappa shape index (κ2) is 9.73. The molecule has 7 nitrogen and oxygen atoms in total. The molecule has 2 amide bonds. The number of benzene rings is 2. The molecule has 2 aromatic carbocycles. The number of amides is 2. The van der Waals surface area contributed by atoms with E-state index in [4.69, 9.17) is 14.2 Å². The summed E-state index contributed by atoms with van der Waals surface area (Å²) in [6, 6.07) is 13.6. The first-order valence-corrected chi connectivity index (χ1v) is 11.9. The summed E-state index contributed by atoms with van der Waals surface area (Å²) in [5, 5.41) is 0. The molecule has 2 bridgehead atoms. The van der Waals surface area contributed by atoms with Crippen molar-refractivity contribution in [3.8, 4) is 17.2 Å². The number of carbonyl (C=O) groups excluding carboxylic acids is 2. The molecule has 2 aromatic rings. The maximum Gasteiger partial charge on any atom is 0.254 e. The molecule has 0 aliphatic carbocycles. The summed E-state index contributed by atoms with van der Waals surface area (Å²) in [5.74, 6) is 1.91. The van der Waals surface area contributed by atoms with E-state index in [1.807, 2.05) is 17.0 Å². The highest BCUT2D eigenvalue weighted by Gasteiger charge is 2.29. The second-order valence-corrected chi connectivity index (χ2v) is 8.92. The van der Waals surface area contributed by atoms with Crippen LogP contribution in [0.1, 0.15) is 48.0 Å². The Bertz CT molecular complexity index is 1020. The average Bonchev–Trinajstić information content (AvgIpc) is 3.32. The van der Waals surface area contributed by atoms with E-state index in [0.717, 1.165) is 44.4 Å². The lowest BCUT2D eigenvalue weighted by Gasteiger charge is -2.37. The SMILES string of the molecule is O=C(c1ccc2c(c1)OCO2)N1CCCOc2cccc(c2)CCC2CCCCN2C(=O)C1. The lowest BCUT2D eigenvalue weighted by atomic mass is 9.95. The largest absolute Gasteiger partial charge is 0.494 e. The van der Waals surface area contributed by atoms with Crippen LogP contribution in [0.5, 0.6) is 17.2 Å². The van der Waals surface area contributed by atoms with Gasteiger partial charge in [0.05, 0.1) is 6.61 Å². The van der Waals surface area contributed by atoms with Crippen LogP contribution in [0.2, 0.25) is 0 Å². The lowest BCUT2D eigenvalue weighted by Crippen LogP contribution is -2.49. The highest BCUT2D eigenvalue weighted by Crippen LogP contribution is 2.33. The van der Waals surface area contributed by atoms with E-state index in [0.29, 0.717) is 36.6 Å². The maximum absolute atomic E-state index is 13.4. The number of ether oxygens (including phenoxy) is 3. The number of aryl methyl sites for hydroxylation is 1. The molecule has 5 rings (SSSR count). The van der Waals surface area contributed by atoms with Crippen LogP contribution in [0.4, 0.5) is 0 Å². The van der Waals surface area contributed by atoms with Gasteiger partial charge in [-0.05, 0) is 74.4 Å². The topological polar surface area (TPSA) is 68.3 Å². The van der Waals surface area contributed by atoms with Crippen molar-refractivity contribution < 1.29 is 23.8 Å². The van der Waals surface area contributed by atoms with Crippen LogP contribution in [-0.4, -0.2) is 60.7 Å². The average molecular weight is 451 g/mol. The van der Waals surface area contributed by atoms with Gasteiger partial charge in [0.1, 0.15) is 12.3 Å².